The van der Waals surface area contributed by atoms with Crippen molar-refractivity contribution in [2.75, 3.05) is 26.2 Å². The van der Waals surface area contributed by atoms with E-state index in [0.717, 1.165) is 32.5 Å². The fourth-order valence-electron chi connectivity index (χ4n) is 1.69. The van der Waals surface area contributed by atoms with Crippen molar-refractivity contribution in [3.63, 3.8) is 0 Å². The van der Waals surface area contributed by atoms with E-state index in [1.807, 2.05) is 0 Å². The molecule has 3 nitrogen and oxygen atoms in total. The number of nitrogens with two attached hydrogens (primary N) is 1. The van der Waals surface area contributed by atoms with Crippen LogP contribution in [0.15, 0.2) is 0 Å². The van der Waals surface area contributed by atoms with Gasteiger partial charge < -0.3 is 10.8 Å². The van der Waals surface area contributed by atoms with Gasteiger partial charge in [-0.05, 0) is 38.9 Å². The van der Waals surface area contributed by atoms with Crippen LogP contribution in [0.3, 0.4) is 0 Å². The predicted molar refractivity (Wildman–Crippen MR) is 45.4 cm³/mol. The molecule has 0 radical (unpaired) electrons. The lowest BCUT2D eigenvalue weighted by atomic mass is 10.2. The van der Waals surface area contributed by atoms with Crippen molar-refractivity contribution < 1.29 is 5.11 Å². The Morgan fingerprint density at radius 1 is 1.55 bits per heavy atom. The summed E-state index contributed by atoms with van der Waals surface area (Å²) >= 11 is 0. The van der Waals surface area contributed by atoms with E-state index >= 15 is 0 Å². The average Bonchev–Trinajstić information content (AvgIpc) is 2.47. The number of aliphatic hydroxyl groups excluding tert-OH is 1. The molecule has 1 saturated heterocycles. The summed E-state index contributed by atoms with van der Waals surface area (Å²) in [5, 5.41) is 8.96. The van der Waals surface area contributed by atoms with Crippen LogP contribution in [0.25, 0.3) is 0 Å². The Morgan fingerprint density at radius 2 is 2.36 bits per heavy atom. The molecule has 1 aliphatic rings. The van der Waals surface area contributed by atoms with Gasteiger partial charge in [-0.3, -0.25) is 4.90 Å². The lowest BCUT2D eigenvalue weighted by molar-refractivity contribution is 0.158. The summed E-state index contributed by atoms with van der Waals surface area (Å²) in [6.07, 6.45) is 3.44. The molecule has 0 aliphatic carbocycles. The van der Waals surface area contributed by atoms with Crippen LogP contribution in [-0.2, 0) is 0 Å². The second kappa shape index (κ2) is 4.70. The van der Waals surface area contributed by atoms with E-state index in [2.05, 4.69) is 4.90 Å². The molecule has 0 aromatic heterocycles. The van der Waals surface area contributed by atoms with Crippen molar-refractivity contribution in [2.24, 2.45) is 5.73 Å². The first-order chi connectivity index (χ1) is 5.38. The van der Waals surface area contributed by atoms with E-state index < -0.39 is 0 Å². The van der Waals surface area contributed by atoms with Crippen LogP contribution in [0.4, 0.5) is 0 Å². The molecule has 3 heteroatoms. The smallest absolute Gasteiger partial charge is 0.0586 e. The minimum atomic E-state index is 0.310. The molecule has 1 rings (SSSR count). The third-order valence-corrected chi connectivity index (χ3v) is 2.36. The van der Waals surface area contributed by atoms with Crippen LogP contribution < -0.4 is 5.73 Å². The van der Waals surface area contributed by atoms with Gasteiger partial charge >= 0.3 is 0 Å². The quantitative estimate of drug-likeness (QED) is 0.595. The zero-order valence-corrected chi connectivity index (χ0v) is 7.00. The summed E-state index contributed by atoms with van der Waals surface area (Å²) in [7, 11) is 0. The molecule has 0 saturated carbocycles. The topological polar surface area (TPSA) is 49.5 Å². The van der Waals surface area contributed by atoms with Gasteiger partial charge in [0.15, 0.2) is 0 Å². The highest BCUT2D eigenvalue weighted by atomic mass is 16.3. The molecule has 1 heterocycles. The molecule has 66 valence electrons. The van der Waals surface area contributed by atoms with Gasteiger partial charge in [0, 0.05) is 6.04 Å². The van der Waals surface area contributed by atoms with Crippen molar-refractivity contribution in [3.05, 3.63) is 0 Å². The van der Waals surface area contributed by atoms with E-state index in [-0.39, 0.29) is 0 Å². The standard InChI is InChI=1S/C8H18N2O/c9-4-2-6-10-5-1-3-8(10)7-11/h8,11H,1-7,9H2. The summed E-state index contributed by atoms with van der Waals surface area (Å²) in [5.74, 6) is 0. The molecule has 1 aliphatic heterocycles. The lowest BCUT2D eigenvalue weighted by Crippen LogP contribution is -2.33. The number of likely N-dealkylation sites (tertiary alicyclic amines) is 1. The molecule has 0 spiro atoms. The highest BCUT2D eigenvalue weighted by molar-refractivity contribution is 4.77. The first-order valence-corrected chi connectivity index (χ1v) is 4.43. The first kappa shape index (κ1) is 8.97. The minimum Gasteiger partial charge on any atom is -0.395 e. The fourth-order valence-corrected chi connectivity index (χ4v) is 1.69. The lowest BCUT2D eigenvalue weighted by Gasteiger charge is -2.21. The zero-order valence-electron chi connectivity index (χ0n) is 7.00. The summed E-state index contributed by atoms with van der Waals surface area (Å²) in [5.41, 5.74) is 5.40. The molecule has 0 bridgehead atoms. The van der Waals surface area contributed by atoms with Crippen LogP contribution in [-0.4, -0.2) is 42.3 Å². The Hall–Kier alpha value is -0.120. The van der Waals surface area contributed by atoms with Crippen molar-refractivity contribution in [1.29, 1.82) is 0 Å². The van der Waals surface area contributed by atoms with Crippen LogP contribution in [0.1, 0.15) is 19.3 Å². The van der Waals surface area contributed by atoms with E-state index in [4.69, 9.17) is 10.8 Å². The largest absolute Gasteiger partial charge is 0.395 e. The normalized spacial score (nSPS) is 26.2. The SMILES string of the molecule is NCCCN1CCCC1CO. The van der Waals surface area contributed by atoms with Gasteiger partial charge in [-0.2, -0.15) is 0 Å². The van der Waals surface area contributed by atoms with Gasteiger partial charge in [0.1, 0.15) is 0 Å². The third kappa shape index (κ3) is 2.43. The first-order valence-electron chi connectivity index (χ1n) is 4.43. The van der Waals surface area contributed by atoms with E-state index in [0.29, 0.717) is 12.6 Å². The number of nitrogens with zero attached hydrogens (tertiary/aromatic N) is 1. The Labute approximate surface area is 68.2 Å². The summed E-state index contributed by atoms with van der Waals surface area (Å²) in [4.78, 5) is 2.34. The second-order valence-electron chi connectivity index (χ2n) is 3.16. The van der Waals surface area contributed by atoms with Crippen LogP contribution in [0.2, 0.25) is 0 Å². The van der Waals surface area contributed by atoms with Crippen LogP contribution in [0, 0.1) is 0 Å². The maximum absolute atomic E-state index is 8.96. The molecule has 3 N–H and O–H groups in total. The van der Waals surface area contributed by atoms with Gasteiger partial charge in [0.2, 0.25) is 0 Å². The van der Waals surface area contributed by atoms with E-state index in [1.54, 1.807) is 0 Å². The van der Waals surface area contributed by atoms with Gasteiger partial charge in [0.25, 0.3) is 0 Å². The summed E-state index contributed by atoms with van der Waals surface area (Å²) < 4.78 is 0. The Balaban J connectivity index is 2.20. The maximum Gasteiger partial charge on any atom is 0.0586 e. The molecular weight excluding hydrogens is 140 g/mol. The minimum absolute atomic E-state index is 0.310. The highest BCUT2D eigenvalue weighted by Crippen LogP contribution is 2.15. The average molecular weight is 158 g/mol. The molecular formula is C8H18N2O. The van der Waals surface area contributed by atoms with Crippen molar-refractivity contribution in [1.82, 2.24) is 4.90 Å². The summed E-state index contributed by atoms with van der Waals surface area (Å²) in [6, 6.07) is 0.418. The molecule has 1 unspecified atom stereocenters. The molecule has 11 heavy (non-hydrogen) atoms. The number of rotatable bonds is 4. The number of hydrogen-bond donors (Lipinski definition) is 2. The number of hydrogen-bond acceptors (Lipinski definition) is 3. The monoisotopic (exact) mass is 158 g/mol. The maximum atomic E-state index is 8.96. The van der Waals surface area contributed by atoms with E-state index in [9.17, 15) is 0 Å². The Kier molecular flexibility index (Phi) is 3.83. The predicted octanol–water partition coefficient (Wildman–Crippen LogP) is -0.208. The molecule has 0 aromatic carbocycles. The molecule has 0 amide bonds. The van der Waals surface area contributed by atoms with Gasteiger partial charge in [-0.25, -0.2) is 0 Å². The van der Waals surface area contributed by atoms with E-state index in [1.165, 1.54) is 6.42 Å². The Bertz CT molecular complexity index is 108. The Morgan fingerprint density at radius 3 is 3.00 bits per heavy atom. The van der Waals surface area contributed by atoms with Crippen molar-refractivity contribution in [3.8, 4) is 0 Å². The fraction of sp³-hybridized carbons (Fsp3) is 1.00. The van der Waals surface area contributed by atoms with Gasteiger partial charge in [0.05, 0.1) is 6.61 Å². The van der Waals surface area contributed by atoms with Crippen LogP contribution in [0.5, 0.6) is 0 Å². The van der Waals surface area contributed by atoms with Crippen molar-refractivity contribution >= 4 is 0 Å². The second-order valence-corrected chi connectivity index (χ2v) is 3.16. The molecule has 1 atom stereocenters. The highest BCUT2D eigenvalue weighted by Gasteiger charge is 2.22. The number of aliphatic hydroxyl groups is 1. The van der Waals surface area contributed by atoms with Crippen LogP contribution >= 0.6 is 0 Å². The van der Waals surface area contributed by atoms with Crippen molar-refractivity contribution in [2.45, 2.75) is 25.3 Å². The van der Waals surface area contributed by atoms with Gasteiger partial charge in [-0.15, -0.1) is 0 Å². The molecule has 0 aromatic rings. The summed E-state index contributed by atoms with van der Waals surface area (Å²) in [6.45, 7) is 3.27. The zero-order chi connectivity index (χ0) is 8.10. The third-order valence-electron chi connectivity index (χ3n) is 2.36. The van der Waals surface area contributed by atoms with Gasteiger partial charge in [-0.1, -0.05) is 0 Å². The molecule has 1 fully saturated rings.